The third-order valence-electron chi connectivity index (χ3n) is 3.74. The lowest BCUT2D eigenvalue weighted by Gasteiger charge is -2.10. The molecule has 0 unspecified atom stereocenters. The van der Waals surface area contributed by atoms with E-state index in [1.54, 1.807) is 17.0 Å². The van der Waals surface area contributed by atoms with Crippen molar-refractivity contribution < 1.29 is 21.6 Å². The number of nitrogens with one attached hydrogen (secondary N) is 2. The minimum Gasteiger partial charge on any atom is -0.346 e. The summed E-state index contributed by atoms with van der Waals surface area (Å²) in [4.78, 5) is 7.01. The molecule has 0 aliphatic heterocycles. The van der Waals surface area contributed by atoms with Crippen LogP contribution in [0.5, 0.6) is 0 Å². The molecular formula is C17H18F3N3O2S. The Morgan fingerprint density at radius 3 is 2.62 bits per heavy atom. The molecule has 3 rings (SSSR count). The third kappa shape index (κ3) is 3.73. The maximum absolute atomic E-state index is 12.5. The molecular weight excluding hydrogens is 367 g/mol. The Morgan fingerprint density at radius 1 is 1.23 bits per heavy atom. The van der Waals surface area contributed by atoms with E-state index in [4.69, 9.17) is 0 Å². The summed E-state index contributed by atoms with van der Waals surface area (Å²) in [5.74, 6) is 0. The molecule has 0 aliphatic carbocycles. The van der Waals surface area contributed by atoms with Crippen LogP contribution in [0.25, 0.3) is 22.2 Å². The molecule has 26 heavy (non-hydrogen) atoms. The molecule has 2 heterocycles. The van der Waals surface area contributed by atoms with E-state index in [0.717, 1.165) is 16.7 Å². The number of rotatable bonds is 4. The SMILES string of the molecule is C.Cc1cccc(-c2ccnc3[nH]cc(CNS(=O)(=O)C(F)(F)F)c23)c1. The highest BCUT2D eigenvalue weighted by Crippen LogP contribution is 2.31. The van der Waals surface area contributed by atoms with Gasteiger partial charge in [0, 0.05) is 24.3 Å². The van der Waals surface area contributed by atoms with Crippen LogP contribution in [0.15, 0.2) is 42.7 Å². The molecule has 0 spiro atoms. The van der Waals surface area contributed by atoms with Crippen LogP contribution in [0.2, 0.25) is 0 Å². The van der Waals surface area contributed by atoms with Crippen LogP contribution >= 0.6 is 0 Å². The zero-order valence-electron chi connectivity index (χ0n) is 13.1. The molecule has 2 aromatic heterocycles. The first-order valence-corrected chi connectivity index (χ1v) is 8.75. The van der Waals surface area contributed by atoms with E-state index in [1.165, 1.54) is 6.20 Å². The zero-order valence-corrected chi connectivity index (χ0v) is 13.9. The lowest BCUT2D eigenvalue weighted by molar-refractivity contribution is -0.0448. The van der Waals surface area contributed by atoms with Gasteiger partial charge in [0.05, 0.1) is 0 Å². The third-order valence-corrected chi connectivity index (χ3v) is 4.88. The fourth-order valence-corrected chi connectivity index (χ4v) is 3.08. The van der Waals surface area contributed by atoms with Crippen molar-refractivity contribution in [3.05, 3.63) is 53.9 Å². The summed E-state index contributed by atoms with van der Waals surface area (Å²) in [6.45, 7) is 1.43. The van der Waals surface area contributed by atoms with Crippen molar-refractivity contribution in [3.63, 3.8) is 0 Å². The van der Waals surface area contributed by atoms with Crippen molar-refractivity contribution in [1.29, 1.82) is 0 Å². The van der Waals surface area contributed by atoms with Gasteiger partial charge in [-0.3, -0.25) is 0 Å². The molecule has 3 aromatic rings. The molecule has 0 saturated heterocycles. The molecule has 0 saturated carbocycles. The average Bonchev–Trinajstić information content (AvgIpc) is 2.95. The van der Waals surface area contributed by atoms with Crippen molar-refractivity contribution in [2.24, 2.45) is 0 Å². The minimum absolute atomic E-state index is 0. The number of sulfonamides is 1. The number of hydrogen-bond donors (Lipinski definition) is 2. The first-order chi connectivity index (χ1) is 11.7. The Bertz CT molecular complexity index is 1030. The molecule has 140 valence electrons. The van der Waals surface area contributed by atoms with Crippen molar-refractivity contribution in [2.75, 3.05) is 0 Å². The number of alkyl halides is 3. The minimum atomic E-state index is -5.41. The first-order valence-electron chi connectivity index (χ1n) is 7.27. The second-order valence-electron chi connectivity index (χ2n) is 5.54. The highest BCUT2D eigenvalue weighted by Gasteiger charge is 2.45. The van der Waals surface area contributed by atoms with Gasteiger partial charge in [0.25, 0.3) is 0 Å². The summed E-state index contributed by atoms with van der Waals surface area (Å²) < 4.78 is 61.5. The molecule has 9 heteroatoms. The van der Waals surface area contributed by atoms with Crippen molar-refractivity contribution in [1.82, 2.24) is 14.7 Å². The monoisotopic (exact) mass is 385 g/mol. The Labute approximate surface area is 149 Å². The summed E-state index contributed by atoms with van der Waals surface area (Å²) >= 11 is 0. The van der Waals surface area contributed by atoms with Gasteiger partial charge < -0.3 is 4.98 Å². The largest absolute Gasteiger partial charge is 0.511 e. The average molecular weight is 385 g/mol. The van der Waals surface area contributed by atoms with Gasteiger partial charge in [0.1, 0.15) is 5.65 Å². The second-order valence-corrected chi connectivity index (χ2v) is 7.29. The van der Waals surface area contributed by atoms with Gasteiger partial charge in [-0.1, -0.05) is 37.3 Å². The van der Waals surface area contributed by atoms with E-state index in [2.05, 4.69) is 9.97 Å². The van der Waals surface area contributed by atoms with Gasteiger partial charge in [-0.05, 0) is 29.7 Å². The second kappa shape index (κ2) is 7.08. The first kappa shape index (κ1) is 19.9. The Morgan fingerprint density at radius 2 is 1.96 bits per heavy atom. The molecule has 0 radical (unpaired) electrons. The molecule has 0 fully saturated rings. The molecule has 0 aliphatic rings. The lowest BCUT2D eigenvalue weighted by atomic mass is 10.00. The molecule has 5 nitrogen and oxygen atoms in total. The van der Waals surface area contributed by atoms with Crippen LogP contribution in [0.1, 0.15) is 18.6 Å². The maximum Gasteiger partial charge on any atom is 0.511 e. The quantitative estimate of drug-likeness (QED) is 0.710. The molecule has 0 amide bonds. The van der Waals surface area contributed by atoms with Gasteiger partial charge in [-0.15, -0.1) is 0 Å². The van der Waals surface area contributed by atoms with Gasteiger partial charge in [0.2, 0.25) is 0 Å². The van der Waals surface area contributed by atoms with Crippen LogP contribution in [0.3, 0.4) is 0 Å². The molecule has 2 N–H and O–H groups in total. The maximum atomic E-state index is 12.5. The van der Waals surface area contributed by atoms with Crippen LogP contribution in [0, 0.1) is 6.92 Å². The summed E-state index contributed by atoms with van der Waals surface area (Å²) in [5, 5.41) is 0.581. The number of benzene rings is 1. The zero-order chi connectivity index (χ0) is 18.2. The number of halogens is 3. The fraction of sp³-hybridized carbons (Fsp3) is 0.235. The molecule has 1 aromatic carbocycles. The normalized spacial score (nSPS) is 12.2. The predicted molar refractivity (Wildman–Crippen MR) is 94.8 cm³/mol. The predicted octanol–water partition coefficient (Wildman–Crippen LogP) is 4.11. The van der Waals surface area contributed by atoms with E-state index in [0.29, 0.717) is 16.6 Å². The number of nitrogens with zero attached hydrogens (tertiary/aromatic N) is 1. The standard InChI is InChI=1S/C16H14F3N3O2S.CH4/c1-10-3-2-4-11(7-10)13-5-6-20-15-14(13)12(8-21-15)9-22-25(23,24)16(17,18)19;/h2-8,22H,9H2,1H3,(H,20,21);1H4. The number of aryl methyl sites for hydroxylation is 1. The molecule has 0 atom stereocenters. The highest BCUT2D eigenvalue weighted by atomic mass is 32.2. The van der Waals surface area contributed by atoms with Gasteiger partial charge in [-0.25, -0.2) is 18.1 Å². The van der Waals surface area contributed by atoms with Crippen molar-refractivity contribution in [2.45, 2.75) is 26.4 Å². The van der Waals surface area contributed by atoms with Crippen molar-refractivity contribution in [3.8, 4) is 11.1 Å². The fourth-order valence-electron chi connectivity index (χ4n) is 2.57. The topological polar surface area (TPSA) is 74.8 Å². The number of hydrogen-bond acceptors (Lipinski definition) is 3. The lowest BCUT2D eigenvalue weighted by Crippen LogP contribution is -2.35. The number of aromatic nitrogens is 2. The Kier molecular flexibility index (Phi) is 5.43. The highest BCUT2D eigenvalue weighted by molar-refractivity contribution is 7.90. The number of aromatic amines is 1. The number of fused-ring (bicyclic) bond motifs is 1. The summed E-state index contributed by atoms with van der Waals surface area (Å²) in [7, 11) is -5.41. The van der Waals surface area contributed by atoms with Gasteiger partial charge in [0.15, 0.2) is 0 Å². The van der Waals surface area contributed by atoms with Crippen LogP contribution in [-0.4, -0.2) is 23.9 Å². The van der Waals surface area contributed by atoms with Gasteiger partial charge >= 0.3 is 15.5 Å². The van der Waals surface area contributed by atoms with E-state index in [1.807, 2.05) is 31.2 Å². The van der Waals surface area contributed by atoms with Crippen LogP contribution in [0.4, 0.5) is 13.2 Å². The van der Waals surface area contributed by atoms with Crippen LogP contribution in [-0.2, 0) is 16.6 Å². The van der Waals surface area contributed by atoms with E-state index in [-0.39, 0.29) is 7.43 Å². The molecule has 0 bridgehead atoms. The van der Waals surface area contributed by atoms with Crippen molar-refractivity contribution >= 4 is 21.1 Å². The summed E-state index contributed by atoms with van der Waals surface area (Å²) in [6.07, 6.45) is 3.04. The van der Waals surface area contributed by atoms with E-state index in [9.17, 15) is 21.6 Å². The van der Waals surface area contributed by atoms with E-state index >= 15 is 0 Å². The smallest absolute Gasteiger partial charge is 0.346 e. The number of pyridine rings is 1. The Balaban J connectivity index is 0.00000243. The Hall–Kier alpha value is -2.39. The summed E-state index contributed by atoms with van der Waals surface area (Å²) in [6, 6.07) is 9.35. The summed E-state index contributed by atoms with van der Waals surface area (Å²) in [5.41, 5.74) is -1.84. The van der Waals surface area contributed by atoms with Gasteiger partial charge in [-0.2, -0.15) is 13.2 Å². The number of H-pyrrole nitrogens is 1. The van der Waals surface area contributed by atoms with Crippen LogP contribution < -0.4 is 4.72 Å². The van der Waals surface area contributed by atoms with E-state index < -0.39 is 22.1 Å².